The van der Waals surface area contributed by atoms with E-state index in [9.17, 15) is 5.26 Å². The van der Waals surface area contributed by atoms with Crippen LogP contribution in [-0.4, -0.2) is 24.8 Å². The summed E-state index contributed by atoms with van der Waals surface area (Å²) in [5.41, 5.74) is 5.44. The summed E-state index contributed by atoms with van der Waals surface area (Å²) < 4.78 is 1.75. The lowest BCUT2D eigenvalue weighted by atomic mass is 10.1. The largest absolute Gasteiger partial charge is 0.285 e. The smallest absolute Gasteiger partial charge is 0.103 e. The molecule has 122 valence electrons. The van der Waals surface area contributed by atoms with Crippen molar-refractivity contribution in [1.82, 2.24) is 24.8 Å². The maximum atomic E-state index is 9.44. The zero-order chi connectivity index (χ0) is 17.4. The van der Waals surface area contributed by atoms with E-state index in [4.69, 9.17) is 0 Å². The molecule has 0 aliphatic carbocycles. The van der Waals surface area contributed by atoms with E-state index < -0.39 is 0 Å². The van der Waals surface area contributed by atoms with Crippen LogP contribution in [-0.2, 0) is 0 Å². The SMILES string of the molecule is Cc1ccnc(C)c1Sc1cc(-c2cn[nH]c2)cn2ncc(C#N)c12. The van der Waals surface area contributed by atoms with Gasteiger partial charge in [0.2, 0.25) is 0 Å². The number of aromatic nitrogens is 5. The van der Waals surface area contributed by atoms with Crippen molar-refractivity contribution in [3.63, 3.8) is 0 Å². The van der Waals surface area contributed by atoms with E-state index in [1.807, 2.05) is 31.6 Å². The second-order valence-electron chi connectivity index (χ2n) is 5.69. The molecule has 0 amide bonds. The summed E-state index contributed by atoms with van der Waals surface area (Å²) in [6.45, 7) is 4.06. The second-order valence-corrected chi connectivity index (χ2v) is 6.74. The lowest BCUT2D eigenvalue weighted by molar-refractivity contribution is 0.951. The number of hydrogen-bond acceptors (Lipinski definition) is 5. The second kappa shape index (κ2) is 6.07. The van der Waals surface area contributed by atoms with Gasteiger partial charge in [-0.05, 0) is 31.5 Å². The summed E-state index contributed by atoms with van der Waals surface area (Å²) in [4.78, 5) is 6.46. The van der Waals surface area contributed by atoms with Gasteiger partial charge in [0, 0.05) is 39.5 Å². The molecule has 6 nitrogen and oxygen atoms in total. The first-order valence-corrected chi connectivity index (χ1v) is 8.49. The van der Waals surface area contributed by atoms with Crippen LogP contribution in [0.15, 0.2) is 52.9 Å². The molecule has 0 fully saturated rings. The van der Waals surface area contributed by atoms with Gasteiger partial charge >= 0.3 is 0 Å². The predicted molar refractivity (Wildman–Crippen MR) is 95.3 cm³/mol. The summed E-state index contributed by atoms with van der Waals surface area (Å²) in [5, 5.41) is 20.6. The molecule has 0 saturated carbocycles. The molecular formula is C18H14N6S. The molecule has 0 atom stereocenters. The Kier molecular flexibility index (Phi) is 3.75. The maximum absolute atomic E-state index is 9.44. The Morgan fingerprint density at radius 2 is 2.12 bits per heavy atom. The van der Waals surface area contributed by atoms with Crippen molar-refractivity contribution >= 4 is 17.3 Å². The Morgan fingerprint density at radius 1 is 1.24 bits per heavy atom. The van der Waals surface area contributed by atoms with Crippen LogP contribution in [0.3, 0.4) is 0 Å². The van der Waals surface area contributed by atoms with E-state index in [-0.39, 0.29) is 0 Å². The van der Waals surface area contributed by atoms with Gasteiger partial charge in [0.15, 0.2) is 0 Å². The van der Waals surface area contributed by atoms with E-state index in [0.717, 1.165) is 37.7 Å². The molecular weight excluding hydrogens is 332 g/mol. The molecule has 1 N–H and O–H groups in total. The van der Waals surface area contributed by atoms with E-state index in [1.165, 1.54) is 0 Å². The van der Waals surface area contributed by atoms with Gasteiger partial charge in [0.1, 0.15) is 6.07 Å². The lowest BCUT2D eigenvalue weighted by Crippen LogP contribution is -1.94. The number of hydrogen-bond donors (Lipinski definition) is 1. The monoisotopic (exact) mass is 346 g/mol. The third kappa shape index (κ3) is 2.66. The fourth-order valence-corrected chi connectivity index (χ4v) is 3.89. The fraction of sp³-hybridized carbons (Fsp3) is 0.111. The van der Waals surface area contributed by atoms with Crippen molar-refractivity contribution in [2.45, 2.75) is 23.6 Å². The molecule has 0 unspecified atom stereocenters. The van der Waals surface area contributed by atoms with Gasteiger partial charge in [0.05, 0.1) is 29.2 Å². The van der Waals surface area contributed by atoms with Gasteiger partial charge in [-0.2, -0.15) is 15.5 Å². The molecule has 4 heterocycles. The number of H-pyrrole nitrogens is 1. The molecule has 4 rings (SSSR count). The highest BCUT2D eigenvalue weighted by Crippen LogP contribution is 2.37. The van der Waals surface area contributed by atoms with Crippen molar-refractivity contribution < 1.29 is 0 Å². The molecule has 25 heavy (non-hydrogen) atoms. The number of nitriles is 1. The Morgan fingerprint density at radius 3 is 2.84 bits per heavy atom. The lowest BCUT2D eigenvalue weighted by Gasteiger charge is -2.11. The van der Waals surface area contributed by atoms with Gasteiger partial charge in [-0.15, -0.1) is 0 Å². The van der Waals surface area contributed by atoms with Crippen LogP contribution in [0.5, 0.6) is 0 Å². The minimum Gasteiger partial charge on any atom is -0.285 e. The first-order valence-electron chi connectivity index (χ1n) is 7.68. The van der Waals surface area contributed by atoms with Gasteiger partial charge < -0.3 is 0 Å². The van der Waals surface area contributed by atoms with Crippen molar-refractivity contribution in [3.05, 3.63) is 59.9 Å². The van der Waals surface area contributed by atoms with Crippen molar-refractivity contribution in [3.8, 4) is 17.2 Å². The van der Waals surface area contributed by atoms with Gasteiger partial charge in [0.25, 0.3) is 0 Å². The summed E-state index contributed by atoms with van der Waals surface area (Å²) in [6, 6.07) is 6.29. The third-order valence-electron chi connectivity index (χ3n) is 4.02. The van der Waals surface area contributed by atoms with Crippen LogP contribution in [0.2, 0.25) is 0 Å². The summed E-state index contributed by atoms with van der Waals surface area (Å²) in [6.07, 6.45) is 8.93. The Labute approximate surface area is 148 Å². The minimum atomic E-state index is 0.556. The average molecular weight is 346 g/mol. The van der Waals surface area contributed by atoms with Crippen LogP contribution < -0.4 is 0 Å². The number of nitrogens with zero attached hydrogens (tertiary/aromatic N) is 5. The highest BCUT2D eigenvalue weighted by molar-refractivity contribution is 7.99. The van der Waals surface area contributed by atoms with Crippen molar-refractivity contribution in [2.75, 3.05) is 0 Å². The zero-order valence-electron chi connectivity index (χ0n) is 13.7. The molecule has 0 saturated heterocycles. The van der Waals surface area contributed by atoms with Crippen molar-refractivity contribution in [1.29, 1.82) is 5.26 Å². The maximum Gasteiger partial charge on any atom is 0.103 e. The summed E-state index contributed by atoms with van der Waals surface area (Å²) in [7, 11) is 0. The number of aromatic amines is 1. The molecule has 0 bridgehead atoms. The highest BCUT2D eigenvalue weighted by Gasteiger charge is 2.15. The topological polar surface area (TPSA) is 82.7 Å². The number of fused-ring (bicyclic) bond motifs is 1. The Bertz CT molecular complexity index is 1080. The van der Waals surface area contributed by atoms with Gasteiger partial charge in [-0.3, -0.25) is 10.1 Å². The normalized spacial score (nSPS) is 10.9. The molecule has 4 aromatic heterocycles. The predicted octanol–water partition coefficient (Wildman–Crippen LogP) is 3.76. The minimum absolute atomic E-state index is 0.556. The Hall–Kier alpha value is -3.11. The van der Waals surface area contributed by atoms with E-state index in [1.54, 1.807) is 28.7 Å². The molecule has 0 aliphatic rings. The average Bonchev–Trinajstić information content (AvgIpc) is 3.27. The summed E-state index contributed by atoms with van der Waals surface area (Å²) >= 11 is 1.61. The van der Waals surface area contributed by atoms with Crippen LogP contribution in [0.25, 0.3) is 16.6 Å². The number of rotatable bonds is 3. The number of aryl methyl sites for hydroxylation is 2. The molecule has 0 aromatic carbocycles. The standard InChI is InChI=1S/C18H14N6S/c1-11-3-4-20-12(2)18(11)25-16-5-13(15-7-21-22-8-15)10-24-17(16)14(6-19)9-23-24/h3-5,7-10H,1-2H3,(H,21,22). The third-order valence-corrected chi connectivity index (χ3v) is 5.37. The first kappa shape index (κ1) is 15.4. The number of pyridine rings is 2. The van der Waals surface area contributed by atoms with E-state index in [2.05, 4.69) is 39.3 Å². The molecule has 7 heteroatoms. The molecule has 0 radical (unpaired) electrons. The molecule has 0 aliphatic heterocycles. The van der Waals surface area contributed by atoms with Crippen LogP contribution >= 0.6 is 11.8 Å². The van der Waals surface area contributed by atoms with Crippen LogP contribution in [0.4, 0.5) is 0 Å². The van der Waals surface area contributed by atoms with Gasteiger partial charge in [-0.25, -0.2) is 4.52 Å². The van der Waals surface area contributed by atoms with E-state index >= 15 is 0 Å². The molecule has 4 aromatic rings. The quantitative estimate of drug-likeness (QED) is 0.611. The molecule has 0 spiro atoms. The Balaban J connectivity index is 1.94. The highest BCUT2D eigenvalue weighted by atomic mass is 32.2. The van der Waals surface area contributed by atoms with Crippen LogP contribution in [0.1, 0.15) is 16.8 Å². The van der Waals surface area contributed by atoms with Gasteiger partial charge in [-0.1, -0.05) is 11.8 Å². The van der Waals surface area contributed by atoms with Crippen LogP contribution in [0, 0.1) is 25.2 Å². The fourth-order valence-electron chi connectivity index (χ4n) is 2.76. The summed E-state index contributed by atoms with van der Waals surface area (Å²) in [5.74, 6) is 0. The van der Waals surface area contributed by atoms with Crippen molar-refractivity contribution in [2.24, 2.45) is 0 Å². The first-order chi connectivity index (χ1) is 12.2. The van der Waals surface area contributed by atoms with E-state index in [0.29, 0.717) is 5.56 Å². The number of nitrogens with one attached hydrogen (secondary N) is 1. The zero-order valence-corrected chi connectivity index (χ0v) is 14.5.